The lowest BCUT2D eigenvalue weighted by atomic mass is 10.2. The van der Waals surface area contributed by atoms with E-state index in [0.29, 0.717) is 12.5 Å². The summed E-state index contributed by atoms with van der Waals surface area (Å²) >= 11 is 0. The Bertz CT molecular complexity index is 499. The third kappa shape index (κ3) is 1.93. The van der Waals surface area contributed by atoms with Crippen molar-refractivity contribution in [2.24, 2.45) is 11.7 Å². The summed E-state index contributed by atoms with van der Waals surface area (Å²) in [5, 5.41) is 5.63. The minimum atomic E-state index is 0.526. The zero-order valence-corrected chi connectivity index (χ0v) is 10.1. The summed E-state index contributed by atoms with van der Waals surface area (Å²) in [6.45, 7) is 7.80. The fourth-order valence-corrected chi connectivity index (χ4v) is 1.84. The summed E-state index contributed by atoms with van der Waals surface area (Å²) in [6, 6.07) is 2.08. The largest absolute Gasteiger partial charge is 0.326 e. The third-order valence-corrected chi connectivity index (χ3v) is 2.60. The molecule has 0 aliphatic heterocycles. The summed E-state index contributed by atoms with van der Waals surface area (Å²) in [6.07, 6.45) is 1.83. The minimum Gasteiger partial charge on any atom is -0.326 e. The van der Waals surface area contributed by atoms with Crippen molar-refractivity contribution in [2.75, 3.05) is 0 Å². The van der Waals surface area contributed by atoms with Gasteiger partial charge in [0.05, 0.1) is 5.69 Å². The number of hydrogen-bond acceptors (Lipinski definition) is 3. The van der Waals surface area contributed by atoms with Gasteiger partial charge in [-0.25, -0.2) is 9.67 Å². The zero-order valence-electron chi connectivity index (χ0n) is 10.1. The molecule has 0 aliphatic carbocycles. The van der Waals surface area contributed by atoms with E-state index in [4.69, 9.17) is 5.73 Å². The van der Waals surface area contributed by atoms with E-state index in [9.17, 15) is 0 Å². The molecule has 0 atom stereocenters. The zero-order chi connectivity index (χ0) is 11.7. The van der Waals surface area contributed by atoms with E-state index in [-0.39, 0.29) is 0 Å². The van der Waals surface area contributed by atoms with Crippen LogP contribution in [0.1, 0.15) is 25.1 Å². The Balaban J connectivity index is 2.53. The van der Waals surface area contributed by atoms with Crippen LogP contribution in [0.2, 0.25) is 0 Å². The van der Waals surface area contributed by atoms with Gasteiger partial charge in [-0.15, -0.1) is 0 Å². The average molecular weight is 218 g/mol. The minimum absolute atomic E-state index is 0.526. The van der Waals surface area contributed by atoms with Gasteiger partial charge in [-0.3, -0.25) is 0 Å². The van der Waals surface area contributed by atoms with Crippen molar-refractivity contribution < 1.29 is 0 Å². The average Bonchev–Trinajstić information content (AvgIpc) is 2.54. The molecule has 2 aromatic rings. The van der Waals surface area contributed by atoms with Crippen LogP contribution >= 0.6 is 0 Å². The second-order valence-corrected chi connectivity index (χ2v) is 4.58. The fraction of sp³-hybridized carbons (Fsp3) is 0.500. The molecule has 2 aromatic heterocycles. The quantitative estimate of drug-likeness (QED) is 0.855. The first-order chi connectivity index (χ1) is 7.61. The maximum atomic E-state index is 5.61. The maximum absolute atomic E-state index is 5.61. The van der Waals surface area contributed by atoms with Crippen LogP contribution in [-0.2, 0) is 13.1 Å². The van der Waals surface area contributed by atoms with Gasteiger partial charge in [-0.1, -0.05) is 13.8 Å². The second kappa shape index (κ2) is 4.22. The first-order valence-electron chi connectivity index (χ1n) is 5.64. The number of nitrogens with two attached hydrogens (primary N) is 1. The fourth-order valence-electron chi connectivity index (χ4n) is 1.84. The van der Waals surface area contributed by atoms with Crippen LogP contribution < -0.4 is 5.73 Å². The summed E-state index contributed by atoms with van der Waals surface area (Å²) in [4.78, 5) is 4.45. The van der Waals surface area contributed by atoms with Gasteiger partial charge in [0.15, 0.2) is 5.65 Å². The smallest absolute Gasteiger partial charge is 0.158 e. The first kappa shape index (κ1) is 11.1. The van der Waals surface area contributed by atoms with Crippen LogP contribution in [0.25, 0.3) is 11.0 Å². The molecular weight excluding hydrogens is 200 g/mol. The Morgan fingerprint density at radius 2 is 2.19 bits per heavy atom. The summed E-state index contributed by atoms with van der Waals surface area (Å²) in [7, 11) is 0. The molecule has 86 valence electrons. The van der Waals surface area contributed by atoms with E-state index in [1.165, 1.54) is 0 Å². The SMILES string of the molecule is Cc1nn(CC(C)C)c2ncc(CN)cc12. The molecular formula is C12H18N4. The lowest BCUT2D eigenvalue weighted by Gasteiger charge is -2.05. The van der Waals surface area contributed by atoms with Gasteiger partial charge in [0.25, 0.3) is 0 Å². The molecule has 0 saturated heterocycles. The van der Waals surface area contributed by atoms with E-state index in [1.54, 1.807) is 0 Å². The second-order valence-electron chi connectivity index (χ2n) is 4.58. The third-order valence-electron chi connectivity index (χ3n) is 2.60. The number of aryl methyl sites for hydroxylation is 1. The van der Waals surface area contributed by atoms with Crippen molar-refractivity contribution in [3.05, 3.63) is 23.5 Å². The molecule has 0 aliphatic rings. The Labute approximate surface area is 95.5 Å². The Morgan fingerprint density at radius 1 is 1.44 bits per heavy atom. The molecule has 4 nitrogen and oxygen atoms in total. The van der Waals surface area contributed by atoms with Crippen molar-refractivity contribution in [1.29, 1.82) is 0 Å². The summed E-state index contributed by atoms with van der Waals surface area (Å²) < 4.78 is 1.98. The molecule has 0 saturated carbocycles. The van der Waals surface area contributed by atoms with Crippen LogP contribution in [0, 0.1) is 12.8 Å². The number of fused-ring (bicyclic) bond motifs is 1. The molecule has 0 fully saturated rings. The molecule has 0 unspecified atom stereocenters. The number of pyridine rings is 1. The van der Waals surface area contributed by atoms with Crippen LogP contribution in [-0.4, -0.2) is 14.8 Å². The van der Waals surface area contributed by atoms with Gasteiger partial charge in [0.2, 0.25) is 0 Å². The Kier molecular flexibility index (Phi) is 2.92. The van der Waals surface area contributed by atoms with Crippen molar-refractivity contribution in [3.63, 3.8) is 0 Å². The van der Waals surface area contributed by atoms with Gasteiger partial charge >= 0.3 is 0 Å². The highest BCUT2D eigenvalue weighted by Crippen LogP contribution is 2.18. The number of rotatable bonds is 3. The molecule has 16 heavy (non-hydrogen) atoms. The van der Waals surface area contributed by atoms with E-state index < -0.39 is 0 Å². The predicted molar refractivity (Wildman–Crippen MR) is 65.0 cm³/mol. The maximum Gasteiger partial charge on any atom is 0.158 e. The molecule has 0 amide bonds. The van der Waals surface area contributed by atoms with Crippen molar-refractivity contribution >= 4 is 11.0 Å². The lowest BCUT2D eigenvalue weighted by molar-refractivity contribution is 0.490. The van der Waals surface area contributed by atoms with Crippen molar-refractivity contribution in [3.8, 4) is 0 Å². The van der Waals surface area contributed by atoms with Gasteiger partial charge in [0, 0.05) is 24.7 Å². The van der Waals surface area contributed by atoms with Crippen molar-refractivity contribution in [1.82, 2.24) is 14.8 Å². The highest BCUT2D eigenvalue weighted by molar-refractivity contribution is 5.78. The van der Waals surface area contributed by atoms with Crippen LogP contribution in [0.3, 0.4) is 0 Å². The summed E-state index contributed by atoms with van der Waals surface area (Å²) in [5.74, 6) is 0.568. The molecule has 2 N–H and O–H groups in total. The topological polar surface area (TPSA) is 56.7 Å². The normalized spacial score (nSPS) is 11.6. The van der Waals surface area contributed by atoms with Crippen LogP contribution in [0.4, 0.5) is 0 Å². The van der Waals surface area contributed by atoms with E-state index >= 15 is 0 Å². The molecule has 2 heterocycles. The predicted octanol–water partition coefficient (Wildman–Crippen LogP) is 1.85. The number of hydrogen-bond donors (Lipinski definition) is 1. The molecule has 2 rings (SSSR count). The van der Waals surface area contributed by atoms with E-state index in [1.807, 2.05) is 17.8 Å². The molecule has 0 radical (unpaired) electrons. The van der Waals surface area contributed by atoms with Gasteiger partial charge in [-0.2, -0.15) is 5.10 Å². The van der Waals surface area contributed by atoms with E-state index in [2.05, 4.69) is 30.0 Å². The highest BCUT2D eigenvalue weighted by Gasteiger charge is 2.09. The number of aromatic nitrogens is 3. The standard InChI is InChI=1S/C12H18N4/c1-8(2)7-16-12-11(9(3)15-16)4-10(5-13)6-14-12/h4,6,8H,5,7,13H2,1-3H3. The highest BCUT2D eigenvalue weighted by atomic mass is 15.3. The first-order valence-corrected chi connectivity index (χ1v) is 5.64. The van der Waals surface area contributed by atoms with Gasteiger partial charge < -0.3 is 5.73 Å². The van der Waals surface area contributed by atoms with E-state index in [0.717, 1.165) is 28.8 Å². The monoisotopic (exact) mass is 218 g/mol. The van der Waals surface area contributed by atoms with Crippen LogP contribution in [0.5, 0.6) is 0 Å². The Morgan fingerprint density at radius 3 is 2.81 bits per heavy atom. The van der Waals surface area contributed by atoms with Gasteiger partial charge in [0.1, 0.15) is 0 Å². The van der Waals surface area contributed by atoms with Crippen LogP contribution in [0.15, 0.2) is 12.3 Å². The Hall–Kier alpha value is -1.42. The van der Waals surface area contributed by atoms with Crippen molar-refractivity contribution in [2.45, 2.75) is 33.9 Å². The lowest BCUT2D eigenvalue weighted by Crippen LogP contribution is -2.07. The molecule has 0 aromatic carbocycles. The summed E-state index contributed by atoms with van der Waals surface area (Å²) in [5.41, 5.74) is 8.65. The molecule has 0 bridgehead atoms. The molecule has 0 spiro atoms. The number of nitrogens with zero attached hydrogens (tertiary/aromatic N) is 3. The molecule has 4 heteroatoms. The van der Waals surface area contributed by atoms with Gasteiger partial charge in [-0.05, 0) is 24.5 Å².